The molecule has 1 rings (SSSR count). The fourth-order valence-corrected chi connectivity index (χ4v) is 1.63. The van der Waals surface area contributed by atoms with Crippen molar-refractivity contribution < 1.29 is 5.11 Å². The molecule has 0 aliphatic rings. The number of anilines is 1. The fourth-order valence-electron chi connectivity index (χ4n) is 1.63. The Morgan fingerprint density at radius 1 is 1.62 bits per heavy atom. The van der Waals surface area contributed by atoms with Crippen LogP contribution in [-0.2, 0) is 0 Å². The third-order valence-corrected chi connectivity index (χ3v) is 2.53. The first-order valence-electron chi connectivity index (χ1n) is 5.61. The number of rotatable bonds is 6. The van der Waals surface area contributed by atoms with Crippen LogP contribution in [0.5, 0.6) is 0 Å². The number of allylic oxidation sites excluding steroid dienone is 1. The second-order valence-electron chi connectivity index (χ2n) is 3.94. The summed E-state index contributed by atoms with van der Waals surface area (Å²) in [7, 11) is 2.00. The van der Waals surface area contributed by atoms with Crippen molar-refractivity contribution in [3.8, 4) is 0 Å². The minimum Gasteiger partial charge on any atom is -0.389 e. The van der Waals surface area contributed by atoms with Gasteiger partial charge in [-0.05, 0) is 25.8 Å². The molecule has 0 unspecified atom stereocenters. The highest BCUT2D eigenvalue weighted by Crippen LogP contribution is 2.22. The van der Waals surface area contributed by atoms with Gasteiger partial charge in [-0.2, -0.15) is 0 Å². The summed E-state index contributed by atoms with van der Waals surface area (Å²) in [5.41, 5.74) is 0.878. The number of unbranched alkanes of at least 4 members (excludes halogenated alkanes) is 1. The van der Waals surface area contributed by atoms with Crippen molar-refractivity contribution in [2.24, 2.45) is 0 Å². The third-order valence-electron chi connectivity index (χ3n) is 2.53. The van der Waals surface area contributed by atoms with E-state index in [-0.39, 0.29) is 0 Å². The molecule has 1 heterocycles. The Morgan fingerprint density at radius 3 is 3.00 bits per heavy atom. The summed E-state index contributed by atoms with van der Waals surface area (Å²) in [5, 5.41) is 9.64. The quantitative estimate of drug-likeness (QED) is 0.591. The first-order valence-corrected chi connectivity index (χ1v) is 5.61. The molecular weight excluding hydrogens is 200 g/mol. The van der Waals surface area contributed by atoms with Gasteiger partial charge in [-0.3, -0.25) is 0 Å². The molecule has 0 aliphatic heterocycles. The molecular formula is C13H20N2O. The summed E-state index contributed by atoms with van der Waals surface area (Å²) in [6.07, 6.45) is 5.25. The smallest absolute Gasteiger partial charge is 0.134 e. The molecule has 0 bridgehead atoms. The Labute approximate surface area is 97.4 Å². The Kier molecular flexibility index (Phi) is 4.99. The van der Waals surface area contributed by atoms with E-state index in [0.717, 1.165) is 30.8 Å². The van der Waals surface area contributed by atoms with E-state index in [9.17, 15) is 5.11 Å². The van der Waals surface area contributed by atoms with Crippen LogP contribution >= 0.6 is 0 Å². The van der Waals surface area contributed by atoms with Crippen LogP contribution < -0.4 is 4.90 Å². The maximum Gasteiger partial charge on any atom is 0.134 e. The van der Waals surface area contributed by atoms with Crippen molar-refractivity contribution in [2.45, 2.75) is 25.9 Å². The number of aliphatic hydroxyl groups excluding tert-OH is 1. The van der Waals surface area contributed by atoms with Gasteiger partial charge < -0.3 is 10.0 Å². The van der Waals surface area contributed by atoms with Gasteiger partial charge in [0.25, 0.3) is 0 Å². The Bertz CT molecular complexity index is 336. The standard InChI is InChI=1S/C13H20N2O/c1-4-5-6-10-15(3)13-12(11(2)16)8-7-9-14-13/h4,7-9,11,16H,1,5-6,10H2,2-3H3/t11-/m1/s1. The zero-order valence-corrected chi connectivity index (χ0v) is 10.1. The normalized spacial score (nSPS) is 12.2. The van der Waals surface area contributed by atoms with Crippen LogP contribution in [0.4, 0.5) is 5.82 Å². The molecule has 0 radical (unpaired) electrons. The number of pyridine rings is 1. The molecule has 0 saturated heterocycles. The van der Waals surface area contributed by atoms with E-state index in [1.54, 1.807) is 13.1 Å². The fraction of sp³-hybridized carbons (Fsp3) is 0.462. The van der Waals surface area contributed by atoms with Crippen molar-refractivity contribution in [1.82, 2.24) is 4.98 Å². The summed E-state index contributed by atoms with van der Waals surface area (Å²) < 4.78 is 0. The Morgan fingerprint density at radius 2 is 2.38 bits per heavy atom. The molecule has 0 fully saturated rings. The summed E-state index contributed by atoms with van der Waals surface area (Å²) in [5.74, 6) is 0.863. The maximum absolute atomic E-state index is 9.64. The van der Waals surface area contributed by atoms with Crippen LogP contribution in [0.15, 0.2) is 31.0 Å². The molecule has 0 aromatic carbocycles. The molecule has 0 saturated carbocycles. The lowest BCUT2D eigenvalue weighted by Gasteiger charge is -2.21. The number of nitrogens with zero attached hydrogens (tertiary/aromatic N) is 2. The zero-order chi connectivity index (χ0) is 12.0. The van der Waals surface area contributed by atoms with E-state index in [4.69, 9.17) is 0 Å². The molecule has 88 valence electrons. The van der Waals surface area contributed by atoms with Gasteiger partial charge in [0, 0.05) is 25.4 Å². The second kappa shape index (κ2) is 6.28. The van der Waals surface area contributed by atoms with Gasteiger partial charge in [-0.1, -0.05) is 12.1 Å². The van der Waals surface area contributed by atoms with Crippen LogP contribution in [-0.4, -0.2) is 23.7 Å². The molecule has 0 aliphatic carbocycles. The minimum absolute atomic E-state index is 0.481. The molecule has 1 N–H and O–H groups in total. The Hall–Kier alpha value is -1.35. The van der Waals surface area contributed by atoms with Crippen molar-refractivity contribution >= 4 is 5.82 Å². The molecule has 0 amide bonds. The predicted molar refractivity (Wildman–Crippen MR) is 67.6 cm³/mol. The highest BCUT2D eigenvalue weighted by molar-refractivity contribution is 5.46. The molecule has 1 aromatic heterocycles. The largest absolute Gasteiger partial charge is 0.389 e. The van der Waals surface area contributed by atoms with Crippen LogP contribution in [0.2, 0.25) is 0 Å². The van der Waals surface area contributed by atoms with E-state index < -0.39 is 6.10 Å². The number of aliphatic hydroxyl groups is 1. The van der Waals surface area contributed by atoms with E-state index >= 15 is 0 Å². The van der Waals surface area contributed by atoms with E-state index in [2.05, 4.69) is 16.5 Å². The zero-order valence-electron chi connectivity index (χ0n) is 10.1. The first-order chi connectivity index (χ1) is 7.66. The average Bonchev–Trinajstić information content (AvgIpc) is 2.29. The van der Waals surface area contributed by atoms with Crippen LogP contribution in [0.1, 0.15) is 31.4 Å². The second-order valence-corrected chi connectivity index (χ2v) is 3.94. The van der Waals surface area contributed by atoms with Gasteiger partial charge in [0.2, 0.25) is 0 Å². The van der Waals surface area contributed by atoms with Crippen molar-refractivity contribution in [3.63, 3.8) is 0 Å². The lowest BCUT2D eigenvalue weighted by Crippen LogP contribution is -2.21. The SMILES string of the molecule is C=CCCCN(C)c1ncccc1[C@@H](C)O. The van der Waals surface area contributed by atoms with E-state index in [1.807, 2.05) is 25.3 Å². The number of aromatic nitrogens is 1. The third kappa shape index (κ3) is 3.35. The van der Waals surface area contributed by atoms with Gasteiger partial charge in [0.15, 0.2) is 0 Å². The molecule has 0 spiro atoms. The van der Waals surface area contributed by atoms with E-state index in [0.29, 0.717) is 0 Å². The van der Waals surface area contributed by atoms with Crippen molar-refractivity contribution in [1.29, 1.82) is 0 Å². The lowest BCUT2D eigenvalue weighted by molar-refractivity contribution is 0.199. The van der Waals surface area contributed by atoms with Gasteiger partial charge in [-0.15, -0.1) is 6.58 Å². The minimum atomic E-state index is -0.481. The van der Waals surface area contributed by atoms with Crippen molar-refractivity contribution in [3.05, 3.63) is 36.5 Å². The molecule has 16 heavy (non-hydrogen) atoms. The monoisotopic (exact) mass is 220 g/mol. The highest BCUT2D eigenvalue weighted by atomic mass is 16.3. The molecule has 3 nitrogen and oxygen atoms in total. The van der Waals surface area contributed by atoms with Crippen LogP contribution in [0.25, 0.3) is 0 Å². The lowest BCUT2D eigenvalue weighted by atomic mass is 10.1. The average molecular weight is 220 g/mol. The van der Waals surface area contributed by atoms with Crippen molar-refractivity contribution in [2.75, 3.05) is 18.5 Å². The van der Waals surface area contributed by atoms with E-state index in [1.165, 1.54) is 0 Å². The summed E-state index contributed by atoms with van der Waals surface area (Å²) in [4.78, 5) is 6.39. The Balaban J connectivity index is 2.73. The van der Waals surface area contributed by atoms with Gasteiger partial charge in [0.05, 0.1) is 6.10 Å². The molecule has 3 heteroatoms. The maximum atomic E-state index is 9.64. The summed E-state index contributed by atoms with van der Waals surface area (Å²) in [6.45, 7) is 6.38. The molecule has 1 atom stereocenters. The topological polar surface area (TPSA) is 36.4 Å². The highest BCUT2D eigenvalue weighted by Gasteiger charge is 2.11. The number of hydrogen-bond acceptors (Lipinski definition) is 3. The van der Waals surface area contributed by atoms with Crippen LogP contribution in [0, 0.1) is 0 Å². The summed E-state index contributed by atoms with van der Waals surface area (Å²) >= 11 is 0. The molecule has 1 aromatic rings. The summed E-state index contributed by atoms with van der Waals surface area (Å²) in [6, 6.07) is 3.76. The van der Waals surface area contributed by atoms with Gasteiger partial charge in [0.1, 0.15) is 5.82 Å². The predicted octanol–water partition coefficient (Wildman–Crippen LogP) is 2.54. The van der Waals surface area contributed by atoms with Gasteiger partial charge >= 0.3 is 0 Å². The van der Waals surface area contributed by atoms with Crippen LogP contribution in [0.3, 0.4) is 0 Å². The van der Waals surface area contributed by atoms with Gasteiger partial charge in [-0.25, -0.2) is 4.98 Å². The number of hydrogen-bond donors (Lipinski definition) is 1. The first kappa shape index (κ1) is 12.7.